The zero-order chi connectivity index (χ0) is 19.7. The number of hydrogen-bond donors (Lipinski definition) is 0. The lowest BCUT2D eigenvalue weighted by Crippen LogP contribution is -2.50. The molecule has 26 heavy (non-hydrogen) atoms. The number of ether oxygens (including phenoxy) is 3. The molecule has 0 spiro atoms. The number of methoxy groups -OCH3 is 2. The summed E-state index contributed by atoms with van der Waals surface area (Å²) in [6.45, 7) is 8.22. The molecular weight excluding hydrogens is 336 g/mol. The van der Waals surface area contributed by atoms with Gasteiger partial charge in [0.25, 0.3) is 0 Å². The Morgan fingerprint density at radius 3 is 2.12 bits per heavy atom. The fourth-order valence-electron chi connectivity index (χ4n) is 2.47. The van der Waals surface area contributed by atoms with E-state index in [0.717, 1.165) is 12.0 Å². The molecule has 0 unspecified atom stereocenters. The van der Waals surface area contributed by atoms with Gasteiger partial charge in [0.1, 0.15) is 11.4 Å². The maximum Gasteiger partial charge on any atom is 0.410 e. The fraction of sp³-hybridized carbons (Fsp3) is 0.579. The van der Waals surface area contributed by atoms with Gasteiger partial charge < -0.3 is 24.0 Å². The van der Waals surface area contributed by atoms with Gasteiger partial charge >= 0.3 is 6.09 Å². The van der Waals surface area contributed by atoms with E-state index in [1.54, 1.807) is 32.3 Å². The number of rotatable bonds is 3. The van der Waals surface area contributed by atoms with Crippen LogP contribution in [0.3, 0.4) is 0 Å². The van der Waals surface area contributed by atoms with Gasteiger partial charge in [-0.15, -0.1) is 0 Å². The van der Waals surface area contributed by atoms with Crippen LogP contribution in [0, 0.1) is 0 Å². The average Bonchev–Trinajstić information content (AvgIpc) is 2.60. The van der Waals surface area contributed by atoms with Crippen LogP contribution in [0.1, 0.15) is 31.1 Å². The molecular formula is C19H30N2O5. The number of piperazine rings is 1. The predicted molar refractivity (Wildman–Crippen MR) is 101 cm³/mol. The zero-order valence-electron chi connectivity index (χ0n) is 16.6. The predicted octanol–water partition coefficient (Wildman–Crippen LogP) is 2.83. The van der Waals surface area contributed by atoms with Crippen LogP contribution >= 0.6 is 0 Å². The number of nitrogens with zero attached hydrogens (tertiary/aromatic N) is 2. The Morgan fingerprint density at radius 2 is 1.65 bits per heavy atom. The highest BCUT2D eigenvalue weighted by atomic mass is 16.6. The molecule has 1 saturated heterocycles. The fourth-order valence-corrected chi connectivity index (χ4v) is 2.47. The van der Waals surface area contributed by atoms with Crippen molar-refractivity contribution in [2.75, 3.05) is 52.4 Å². The molecule has 0 N–H and O–H groups in total. The molecule has 2 rings (SSSR count). The summed E-state index contributed by atoms with van der Waals surface area (Å²) in [7, 11) is 4.80. The molecule has 7 heteroatoms. The van der Waals surface area contributed by atoms with Gasteiger partial charge in [-0.2, -0.15) is 0 Å². The molecule has 0 aromatic heterocycles. The summed E-state index contributed by atoms with van der Waals surface area (Å²) in [5, 5.41) is 0. The van der Waals surface area contributed by atoms with Gasteiger partial charge in [0.2, 0.25) is 0 Å². The van der Waals surface area contributed by atoms with Crippen molar-refractivity contribution in [3.63, 3.8) is 0 Å². The Balaban J connectivity index is 0.00000105. The van der Waals surface area contributed by atoms with E-state index in [4.69, 9.17) is 9.47 Å². The van der Waals surface area contributed by atoms with E-state index in [-0.39, 0.29) is 6.09 Å². The van der Waals surface area contributed by atoms with E-state index in [0.29, 0.717) is 37.5 Å². The van der Waals surface area contributed by atoms with Crippen LogP contribution in [0.4, 0.5) is 10.5 Å². The number of amides is 1. The van der Waals surface area contributed by atoms with Crippen molar-refractivity contribution in [1.82, 2.24) is 4.90 Å². The van der Waals surface area contributed by atoms with Crippen molar-refractivity contribution in [1.29, 1.82) is 0 Å². The molecule has 0 aliphatic carbocycles. The Labute approximate surface area is 155 Å². The Bertz CT molecular complexity index is 590. The number of benzene rings is 1. The number of anilines is 1. The van der Waals surface area contributed by atoms with E-state index in [1.807, 2.05) is 32.9 Å². The highest BCUT2D eigenvalue weighted by molar-refractivity contribution is 5.81. The first-order valence-electron chi connectivity index (χ1n) is 8.52. The molecule has 0 radical (unpaired) electrons. The quantitative estimate of drug-likeness (QED) is 0.766. The number of carbonyl (C=O) groups excluding carboxylic acids is 2. The molecule has 0 saturated carbocycles. The van der Waals surface area contributed by atoms with E-state index in [1.165, 1.54) is 0 Å². The van der Waals surface area contributed by atoms with Crippen LogP contribution in [0.2, 0.25) is 0 Å². The highest BCUT2D eigenvalue weighted by Crippen LogP contribution is 2.25. The van der Waals surface area contributed by atoms with Gasteiger partial charge in [0, 0.05) is 52.2 Å². The van der Waals surface area contributed by atoms with E-state index < -0.39 is 5.60 Å². The third-order valence-electron chi connectivity index (χ3n) is 3.64. The second-order valence-electron chi connectivity index (χ2n) is 6.91. The van der Waals surface area contributed by atoms with Crippen molar-refractivity contribution >= 4 is 18.1 Å². The van der Waals surface area contributed by atoms with Gasteiger partial charge in [0.05, 0.1) is 12.7 Å². The minimum absolute atomic E-state index is 0.272. The SMILES string of the molecule is COC.COc1cc(N2CCN(C(=O)OC(C)(C)C)CC2)ccc1C=O. The first-order valence-corrected chi connectivity index (χ1v) is 8.52. The third kappa shape index (κ3) is 6.55. The maximum absolute atomic E-state index is 12.1. The molecule has 1 fully saturated rings. The largest absolute Gasteiger partial charge is 0.496 e. The van der Waals surface area contributed by atoms with Gasteiger partial charge in [-0.1, -0.05) is 0 Å². The van der Waals surface area contributed by atoms with Crippen LogP contribution in [-0.2, 0) is 9.47 Å². The van der Waals surface area contributed by atoms with Gasteiger partial charge in [-0.05, 0) is 32.9 Å². The lowest BCUT2D eigenvalue weighted by atomic mass is 10.1. The molecule has 0 atom stereocenters. The lowest BCUT2D eigenvalue weighted by Gasteiger charge is -2.36. The van der Waals surface area contributed by atoms with Crippen LogP contribution in [0.5, 0.6) is 5.75 Å². The topological polar surface area (TPSA) is 68.3 Å². The summed E-state index contributed by atoms with van der Waals surface area (Å²) in [5.41, 5.74) is 1.03. The molecule has 1 heterocycles. The Hall–Kier alpha value is -2.28. The van der Waals surface area contributed by atoms with Crippen LogP contribution in [0.15, 0.2) is 18.2 Å². The summed E-state index contributed by atoms with van der Waals surface area (Å²) in [6.07, 6.45) is 0.509. The Kier molecular flexibility index (Phi) is 8.38. The molecule has 1 aliphatic rings. The molecule has 1 amide bonds. The molecule has 146 valence electrons. The first-order chi connectivity index (χ1) is 12.3. The van der Waals surface area contributed by atoms with Gasteiger partial charge in [-0.3, -0.25) is 4.79 Å². The summed E-state index contributed by atoms with van der Waals surface area (Å²) in [4.78, 5) is 26.9. The smallest absolute Gasteiger partial charge is 0.410 e. The molecule has 7 nitrogen and oxygen atoms in total. The van der Waals surface area contributed by atoms with Gasteiger partial charge in [0.15, 0.2) is 6.29 Å². The van der Waals surface area contributed by atoms with Crippen molar-refractivity contribution in [2.45, 2.75) is 26.4 Å². The van der Waals surface area contributed by atoms with Crippen molar-refractivity contribution in [3.8, 4) is 5.75 Å². The highest BCUT2D eigenvalue weighted by Gasteiger charge is 2.26. The monoisotopic (exact) mass is 366 g/mol. The molecule has 1 aliphatic heterocycles. The maximum atomic E-state index is 12.1. The number of aldehydes is 1. The number of hydrogen-bond acceptors (Lipinski definition) is 6. The third-order valence-corrected chi connectivity index (χ3v) is 3.64. The van der Waals surface area contributed by atoms with E-state index in [2.05, 4.69) is 9.64 Å². The normalized spacial score (nSPS) is 14.2. The van der Waals surface area contributed by atoms with Crippen LogP contribution in [-0.4, -0.2) is 70.4 Å². The summed E-state index contributed by atoms with van der Waals surface area (Å²) >= 11 is 0. The van der Waals surface area contributed by atoms with Crippen LogP contribution < -0.4 is 9.64 Å². The van der Waals surface area contributed by atoms with Crippen LogP contribution in [0.25, 0.3) is 0 Å². The van der Waals surface area contributed by atoms with E-state index >= 15 is 0 Å². The standard InChI is InChI=1S/C17H24N2O4.C2H6O/c1-17(2,3)23-16(21)19-9-7-18(8-10-19)14-6-5-13(12-20)15(11-14)22-4;1-3-2/h5-6,11-12H,7-10H2,1-4H3;1-2H3. The number of carbonyl (C=O) groups is 2. The summed E-state index contributed by atoms with van der Waals surface area (Å²) in [6, 6.07) is 5.50. The van der Waals surface area contributed by atoms with E-state index in [9.17, 15) is 9.59 Å². The first kappa shape index (κ1) is 21.8. The zero-order valence-corrected chi connectivity index (χ0v) is 16.6. The minimum atomic E-state index is -0.480. The van der Waals surface area contributed by atoms with Crippen molar-refractivity contribution in [2.24, 2.45) is 0 Å². The molecule has 1 aromatic rings. The molecule has 1 aromatic carbocycles. The summed E-state index contributed by atoms with van der Waals surface area (Å²) in [5.74, 6) is 0.562. The van der Waals surface area contributed by atoms with Gasteiger partial charge in [-0.25, -0.2) is 4.79 Å². The van der Waals surface area contributed by atoms with Crippen molar-refractivity contribution in [3.05, 3.63) is 23.8 Å². The van der Waals surface area contributed by atoms with Crippen molar-refractivity contribution < 1.29 is 23.8 Å². The minimum Gasteiger partial charge on any atom is -0.496 e. The second-order valence-corrected chi connectivity index (χ2v) is 6.91. The average molecular weight is 366 g/mol. The summed E-state index contributed by atoms with van der Waals surface area (Å²) < 4.78 is 14.9. The lowest BCUT2D eigenvalue weighted by molar-refractivity contribution is 0.0240. The molecule has 0 bridgehead atoms. The Morgan fingerprint density at radius 1 is 1.08 bits per heavy atom. The second kappa shape index (κ2) is 10.0.